The van der Waals surface area contributed by atoms with Crippen LogP contribution in [-0.4, -0.2) is 15.9 Å². The molecule has 2 rings (SSSR count). The number of aromatic nitrogens is 2. The van der Waals surface area contributed by atoms with Crippen LogP contribution in [-0.2, 0) is 5.75 Å². The van der Waals surface area contributed by atoms with Gasteiger partial charge in [-0.1, -0.05) is 19.0 Å². The zero-order chi connectivity index (χ0) is 13.1. The Morgan fingerprint density at radius 1 is 1.50 bits per heavy atom. The predicted molar refractivity (Wildman–Crippen MR) is 77.8 cm³/mol. The first-order valence-corrected chi connectivity index (χ1v) is 7.85. The molecule has 2 heterocycles. The fourth-order valence-electron chi connectivity index (χ4n) is 1.41. The van der Waals surface area contributed by atoms with Crippen LogP contribution >= 0.6 is 23.1 Å². The van der Waals surface area contributed by atoms with Gasteiger partial charge in [0.05, 0.1) is 11.4 Å². The van der Waals surface area contributed by atoms with Gasteiger partial charge in [0.25, 0.3) is 5.89 Å². The smallest absolute Gasteiger partial charge is 0.270 e. The number of aryl methyl sites for hydroxylation is 1. The number of hydrogen-bond acceptors (Lipinski definition) is 6. The molecule has 2 aromatic rings. The summed E-state index contributed by atoms with van der Waals surface area (Å²) in [5.41, 5.74) is 7.76. The molecule has 0 fully saturated rings. The van der Waals surface area contributed by atoms with Gasteiger partial charge in [0.2, 0.25) is 0 Å². The van der Waals surface area contributed by atoms with Crippen molar-refractivity contribution in [2.45, 2.75) is 26.5 Å². The summed E-state index contributed by atoms with van der Waals surface area (Å²) < 4.78 is 5.26. The van der Waals surface area contributed by atoms with Crippen LogP contribution in [0.4, 0.5) is 5.69 Å². The first-order chi connectivity index (χ1) is 8.58. The lowest BCUT2D eigenvalue weighted by Gasteiger charge is -2.00. The number of nitrogen functional groups attached to an aromatic ring is 1. The van der Waals surface area contributed by atoms with E-state index >= 15 is 0 Å². The van der Waals surface area contributed by atoms with Crippen molar-refractivity contribution in [2.24, 2.45) is 5.92 Å². The number of rotatable bonds is 5. The van der Waals surface area contributed by atoms with Crippen molar-refractivity contribution in [2.75, 3.05) is 11.5 Å². The van der Waals surface area contributed by atoms with Crippen LogP contribution in [0.25, 0.3) is 10.8 Å². The molecule has 0 aromatic carbocycles. The number of thiophene rings is 1. The normalized spacial score (nSPS) is 11.3. The van der Waals surface area contributed by atoms with E-state index in [1.54, 1.807) is 11.3 Å². The number of anilines is 1. The van der Waals surface area contributed by atoms with Crippen molar-refractivity contribution in [3.63, 3.8) is 0 Å². The maximum Gasteiger partial charge on any atom is 0.270 e. The fraction of sp³-hybridized carbons (Fsp3) is 0.500. The molecule has 18 heavy (non-hydrogen) atoms. The molecule has 0 unspecified atom stereocenters. The largest absolute Gasteiger partial charge is 0.397 e. The van der Waals surface area contributed by atoms with Crippen molar-refractivity contribution >= 4 is 28.8 Å². The Bertz CT molecular complexity index is 519. The second-order valence-electron chi connectivity index (χ2n) is 4.59. The molecule has 0 amide bonds. The summed E-state index contributed by atoms with van der Waals surface area (Å²) in [4.78, 5) is 5.26. The van der Waals surface area contributed by atoms with Crippen molar-refractivity contribution in [1.29, 1.82) is 0 Å². The van der Waals surface area contributed by atoms with Crippen molar-refractivity contribution < 1.29 is 4.52 Å². The van der Waals surface area contributed by atoms with Gasteiger partial charge in [0, 0.05) is 0 Å². The van der Waals surface area contributed by atoms with Gasteiger partial charge in [0.15, 0.2) is 5.82 Å². The third-order valence-corrected chi connectivity index (χ3v) is 4.83. The van der Waals surface area contributed by atoms with Crippen LogP contribution in [0, 0.1) is 12.8 Å². The van der Waals surface area contributed by atoms with Crippen molar-refractivity contribution in [3.8, 4) is 10.8 Å². The molecule has 0 atom stereocenters. The first-order valence-electron chi connectivity index (χ1n) is 5.82. The highest BCUT2D eigenvalue weighted by Gasteiger charge is 2.15. The van der Waals surface area contributed by atoms with E-state index in [-0.39, 0.29) is 0 Å². The maximum atomic E-state index is 5.96. The summed E-state index contributed by atoms with van der Waals surface area (Å²) in [7, 11) is 0. The molecule has 0 aliphatic carbocycles. The molecule has 0 saturated carbocycles. The maximum absolute atomic E-state index is 5.96. The standard InChI is InChI=1S/C12H17N3OS2/c1-7(2)4-17-6-9-14-12(16-15-9)11-10(13)8(3)5-18-11/h5,7H,4,6,13H2,1-3H3. The van der Waals surface area contributed by atoms with E-state index in [2.05, 4.69) is 24.0 Å². The van der Waals surface area contributed by atoms with Crippen molar-refractivity contribution in [3.05, 3.63) is 16.8 Å². The molecule has 0 radical (unpaired) electrons. The molecule has 2 aromatic heterocycles. The average molecular weight is 283 g/mol. The van der Waals surface area contributed by atoms with Gasteiger partial charge in [0.1, 0.15) is 4.88 Å². The summed E-state index contributed by atoms with van der Waals surface area (Å²) in [5, 5.41) is 5.99. The molecule has 0 aliphatic heterocycles. The van der Waals surface area contributed by atoms with Gasteiger partial charge in [-0.05, 0) is 29.5 Å². The highest BCUT2D eigenvalue weighted by molar-refractivity contribution is 7.98. The Morgan fingerprint density at radius 3 is 2.89 bits per heavy atom. The van der Waals surface area contributed by atoms with Crippen LogP contribution in [0.1, 0.15) is 25.2 Å². The van der Waals surface area contributed by atoms with Gasteiger partial charge in [-0.25, -0.2) is 0 Å². The van der Waals surface area contributed by atoms with E-state index in [0.29, 0.717) is 11.8 Å². The lowest BCUT2D eigenvalue weighted by Crippen LogP contribution is -1.92. The molecule has 0 aliphatic rings. The number of nitrogens with two attached hydrogens (primary N) is 1. The van der Waals surface area contributed by atoms with E-state index in [1.165, 1.54) is 0 Å². The first kappa shape index (κ1) is 13.4. The lowest BCUT2D eigenvalue weighted by molar-refractivity contribution is 0.426. The lowest BCUT2D eigenvalue weighted by atomic mass is 10.3. The van der Waals surface area contributed by atoms with E-state index in [0.717, 1.165) is 33.5 Å². The summed E-state index contributed by atoms with van der Waals surface area (Å²) in [6.07, 6.45) is 0. The van der Waals surface area contributed by atoms with Crippen LogP contribution in [0.5, 0.6) is 0 Å². The highest BCUT2D eigenvalue weighted by Crippen LogP contribution is 2.33. The quantitative estimate of drug-likeness (QED) is 0.908. The number of nitrogens with zero attached hydrogens (tertiary/aromatic N) is 2. The molecular formula is C12H17N3OS2. The van der Waals surface area contributed by atoms with Crippen LogP contribution in [0.2, 0.25) is 0 Å². The van der Waals surface area contributed by atoms with Gasteiger partial charge in [-0.2, -0.15) is 16.7 Å². The Balaban J connectivity index is 2.04. The van der Waals surface area contributed by atoms with Crippen LogP contribution in [0.15, 0.2) is 9.90 Å². The molecule has 0 spiro atoms. The molecule has 2 N–H and O–H groups in total. The topological polar surface area (TPSA) is 64.9 Å². The van der Waals surface area contributed by atoms with E-state index in [9.17, 15) is 0 Å². The van der Waals surface area contributed by atoms with Crippen molar-refractivity contribution in [1.82, 2.24) is 10.1 Å². The van der Waals surface area contributed by atoms with E-state index < -0.39 is 0 Å². The monoisotopic (exact) mass is 283 g/mol. The Kier molecular flexibility index (Phi) is 4.29. The summed E-state index contributed by atoms with van der Waals surface area (Å²) >= 11 is 3.36. The molecule has 98 valence electrons. The minimum absolute atomic E-state index is 0.533. The average Bonchev–Trinajstić information content (AvgIpc) is 2.88. The fourth-order valence-corrected chi connectivity index (χ4v) is 3.19. The minimum atomic E-state index is 0.533. The minimum Gasteiger partial charge on any atom is -0.397 e. The summed E-state index contributed by atoms with van der Waals surface area (Å²) in [6, 6.07) is 0. The molecule has 0 bridgehead atoms. The second-order valence-corrected chi connectivity index (χ2v) is 6.50. The zero-order valence-corrected chi connectivity index (χ0v) is 12.4. The van der Waals surface area contributed by atoms with Gasteiger partial charge < -0.3 is 10.3 Å². The predicted octanol–water partition coefficient (Wildman–Crippen LogP) is 3.58. The SMILES string of the molecule is Cc1csc(-c2nc(CSCC(C)C)no2)c1N. The Morgan fingerprint density at radius 2 is 2.28 bits per heavy atom. The van der Waals surface area contributed by atoms with Crippen LogP contribution < -0.4 is 5.73 Å². The van der Waals surface area contributed by atoms with E-state index in [4.69, 9.17) is 10.3 Å². The number of hydrogen-bond donors (Lipinski definition) is 1. The zero-order valence-electron chi connectivity index (χ0n) is 10.8. The third kappa shape index (κ3) is 3.05. The number of thioether (sulfide) groups is 1. The van der Waals surface area contributed by atoms with Gasteiger partial charge in [-0.3, -0.25) is 0 Å². The molecule has 0 saturated heterocycles. The molecular weight excluding hydrogens is 266 g/mol. The molecule has 4 nitrogen and oxygen atoms in total. The Hall–Kier alpha value is -1.01. The molecule has 6 heteroatoms. The second kappa shape index (κ2) is 5.75. The van der Waals surface area contributed by atoms with Gasteiger partial charge in [-0.15, -0.1) is 11.3 Å². The van der Waals surface area contributed by atoms with E-state index in [1.807, 2.05) is 24.1 Å². The summed E-state index contributed by atoms with van der Waals surface area (Å²) in [6.45, 7) is 6.37. The third-order valence-electron chi connectivity index (χ3n) is 2.37. The van der Waals surface area contributed by atoms with Gasteiger partial charge >= 0.3 is 0 Å². The van der Waals surface area contributed by atoms with Crippen LogP contribution in [0.3, 0.4) is 0 Å². The Labute approximate surface area is 115 Å². The highest BCUT2D eigenvalue weighted by atomic mass is 32.2. The summed E-state index contributed by atoms with van der Waals surface area (Å²) in [5.74, 6) is 3.83.